The van der Waals surface area contributed by atoms with E-state index >= 15 is 0 Å². The van der Waals surface area contributed by atoms with E-state index in [9.17, 15) is 9.59 Å². The summed E-state index contributed by atoms with van der Waals surface area (Å²) in [6, 6.07) is 1.25. The van der Waals surface area contributed by atoms with E-state index < -0.39 is 6.03 Å². The number of nitrogens with one attached hydrogen (secondary N) is 1. The lowest BCUT2D eigenvalue weighted by atomic mass is 10.3. The van der Waals surface area contributed by atoms with Gasteiger partial charge >= 0.3 is 12.0 Å². The van der Waals surface area contributed by atoms with Gasteiger partial charge in [0.15, 0.2) is 0 Å². The van der Waals surface area contributed by atoms with Crippen molar-refractivity contribution < 1.29 is 14.3 Å². The average Bonchev–Trinajstić information content (AvgIpc) is 2.58. The molecule has 1 aromatic rings. The lowest BCUT2D eigenvalue weighted by molar-refractivity contribution is 0.0507. The van der Waals surface area contributed by atoms with Crippen molar-refractivity contribution in [1.82, 2.24) is 5.32 Å². The second kappa shape index (κ2) is 6.24. The zero-order valence-electron chi connectivity index (χ0n) is 9.91. The fourth-order valence-corrected chi connectivity index (χ4v) is 2.12. The molecule has 0 atom stereocenters. The van der Waals surface area contributed by atoms with Crippen molar-refractivity contribution >= 4 is 23.3 Å². The highest BCUT2D eigenvalue weighted by Gasteiger charge is 2.11. The maximum absolute atomic E-state index is 11.6. The molecular weight excluding hydrogens is 240 g/mol. The molecule has 0 saturated carbocycles. The Bertz CT molecular complexity index is 395. The minimum absolute atomic E-state index is 0.273. The SMILES string of the molecule is Cc1cc(C(=O)OCCCNC(N)=O)sc1C. The summed E-state index contributed by atoms with van der Waals surface area (Å²) in [6.45, 7) is 4.60. The fraction of sp³-hybridized carbons (Fsp3) is 0.455. The van der Waals surface area contributed by atoms with Crippen molar-refractivity contribution in [2.24, 2.45) is 5.73 Å². The summed E-state index contributed by atoms with van der Waals surface area (Å²) in [4.78, 5) is 23.7. The first kappa shape index (κ1) is 13.5. The number of ether oxygens (including phenoxy) is 1. The summed E-state index contributed by atoms with van der Waals surface area (Å²) in [5.41, 5.74) is 5.98. The van der Waals surface area contributed by atoms with E-state index in [4.69, 9.17) is 10.5 Å². The number of rotatable bonds is 5. The van der Waals surface area contributed by atoms with Gasteiger partial charge in [-0.05, 0) is 31.9 Å². The Labute approximate surface area is 104 Å². The van der Waals surface area contributed by atoms with Crippen LogP contribution in [-0.2, 0) is 4.74 Å². The van der Waals surface area contributed by atoms with E-state index in [2.05, 4.69) is 5.32 Å². The van der Waals surface area contributed by atoms with Crippen LogP contribution in [0.25, 0.3) is 0 Å². The van der Waals surface area contributed by atoms with Gasteiger partial charge in [-0.2, -0.15) is 0 Å². The van der Waals surface area contributed by atoms with Crippen LogP contribution in [0.15, 0.2) is 6.07 Å². The highest BCUT2D eigenvalue weighted by atomic mass is 32.1. The molecule has 0 radical (unpaired) electrons. The van der Waals surface area contributed by atoms with Crippen LogP contribution in [0.4, 0.5) is 4.79 Å². The van der Waals surface area contributed by atoms with Gasteiger partial charge < -0.3 is 15.8 Å². The third-order valence-corrected chi connectivity index (χ3v) is 3.35. The van der Waals surface area contributed by atoms with Gasteiger partial charge in [-0.3, -0.25) is 0 Å². The van der Waals surface area contributed by atoms with Crippen LogP contribution in [0, 0.1) is 13.8 Å². The van der Waals surface area contributed by atoms with E-state index in [0.29, 0.717) is 17.8 Å². The Morgan fingerprint density at radius 3 is 2.71 bits per heavy atom. The van der Waals surface area contributed by atoms with Crippen LogP contribution in [-0.4, -0.2) is 25.2 Å². The molecule has 0 aliphatic heterocycles. The predicted molar refractivity (Wildman–Crippen MR) is 66.3 cm³/mol. The maximum atomic E-state index is 11.6. The summed E-state index contributed by atoms with van der Waals surface area (Å²) in [5.74, 6) is -0.315. The first-order valence-electron chi connectivity index (χ1n) is 5.28. The summed E-state index contributed by atoms with van der Waals surface area (Å²) in [7, 11) is 0. The van der Waals surface area contributed by atoms with Crippen LogP contribution < -0.4 is 11.1 Å². The zero-order valence-corrected chi connectivity index (χ0v) is 10.7. The van der Waals surface area contributed by atoms with Crippen molar-refractivity contribution in [3.05, 3.63) is 21.4 Å². The molecule has 1 rings (SSSR count). The molecule has 17 heavy (non-hydrogen) atoms. The summed E-state index contributed by atoms with van der Waals surface area (Å²) in [6.07, 6.45) is 0.554. The monoisotopic (exact) mass is 256 g/mol. The molecule has 0 bridgehead atoms. The number of urea groups is 1. The van der Waals surface area contributed by atoms with Crippen molar-refractivity contribution in [3.63, 3.8) is 0 Å². The Morgan fingerprint density at radius 2 is 2.18 bits per heavy atom. The molecule has 94 valence electrons. The van der Waals surface area contributed by atoms with Gasteiger partial charge in [-0.25, -0.2) is 9.59 Å². The Hall–Kier alpha value is -1.56. The van der Waals surface area contributed by atoms with E-state index in [1.54, 1.807) is 0 Å². The van der Waals surface area contributed by atoms with Gasteiger partial charge in [-0.15, -0.1) is 11.3 Å². The fourth-order valence-electron chi connectivity index (χ4n) is 1.19. The second-order valence-corrected chi connectivity index (χ2v) is 4.89. The third kappa shape index (κ3) is 4.44. The quantitative estimate of drug-likeness (QED) is 0.620. The molecule has 0 unspecified atom stereocenters. The first-order valence-corrected chi connectivity index (χ1v) is 6.10. The van der Waals surface area contributed by atoms with Crippen LogP contribution in [0.5, 0.6) is 0 Å². The third-order valence-electron chi connectivity index (χ3n) is 2.22. The van der Waals surface area contributed by atoms with Gasteiger partial charge in [0, 0.05) is 11.4 Å². The van der Waals surface area contributed by atoms with Crippen LogP contribution in [0.3, 0.4) is 0 Å². The molecule has 5 nitrogen and oxygen atoms in total. The molecule has 1 aromatic heterocycles. The molecule has 0 aliphatic rings. The smallest absolute Gasteiger partial charge is 0.348 e. The maximum Gasteiger partial charge on any atom is 0.348 e. The normalized spacial score (nSPS) is 10.0. The summed E-state index contributed by atoms with van der Waals surface area (Å²) < 4.78 is 5.06. The number of aryl methyl sites for hydroxylation is 2. The standard InChI is InChI=1S/C11H16N2O3S/c1-7-6-9(17-8(7)2)10(14)16-5-3-4-13-11(12)15/h6H,3-5H2,1-2H3,(H3,12,13,15). The highest BCUT2D eigenvalue weighted by Crippen LogP contribution is 2.21. The zero-order chi connectivity index (χ0) is 12.8. The number of esters is 1. The number of hydrogen-bond donors (Lipinski definition) is 2. The molecule has 1 heterocycles. The van der Waals surface area contributed by atoms with E-state index in [1.165, 1.54) is 11.3 Å². The van der Waals surface area contributed by atoms with Gasteiger partial charge in [0.05, 0.1) is 6.61 Å². The highest BCUT2D eigenvalue weighted by molar-refractivity contribution is 7.14. The molecule has 3 N–H and O–H groups in total. The van der Waals surface area contributed by atoms with E-state index in [1.807, 2.05) is 19.9 Å². The van der Waals surface area contributed by atoms with Crippen molar-refractivity contribution in [1.29, 1.82) is 0 Å². The molecule has 0 saturated heterocycles. The molecule has 6 heteroatoms. The summed E-state index contributed by atoms with van der Waals surface area (Å²) in [5, 5.41) is 2.42. The van der Waals surface area contributed by atoms with Crippen molar-refractivity contribution in [3.8, 4) is 0 Å². The summed E-state index contributed by atoms with van der Waals surface area (Å²) >= 11 is 1.43. The minimum atomic E-state index is -0.569. The largest absolute Gasteiger partial charge is 0.461 e. The van der Waals surface area contributed by atoms with E-state index in [-0.39, 0.29) is 12.6 Å². The number of amides is 2. The number of primary amides is 1. The van der Waals surface area contributed by atoms with Crippen LogP contribution in [0.1, 0.15) is 26.5 Å². The number of carbonyl (C=O) groups excluding carboxylic acids is 2. The van der Waals surface area contributed by atoms with Gasteiger partial charge in [-0.1, -0.05) is 0 Å². The Morgan fingerprint density at radius 1 is 1.47 bits per heavy atom. The van der Waals surface area contributed by atoms with Gasteiger partial charge in [0.1, 0.15) is 4.88 Å². The van der Waals surface area contributed by atoms with Crippen LogP contribution >= 0.6 is 11.3 Å². The van der Waals surface area contributed by atoms with Gasteiger partial charge in [0.25, 0.3) is 0 Å². The molecule has 2 amide bonds. The minimum Gasteiger partial charge on any atom is -0.461 e. The van der Waals surface area contributed by atoms with Gasteiger partial charge in [0.2, 0.25) is 0 Å². The van der Waals surface area contributed by atoms with Crippen molar-refractivity contribution in [2.45, 2.75) is 20.3 Å². The number of hydrogen-bond acceptors (Lipinski definition) is 4. The van der Waals surface area contributed by atoms with E-state index in [0.717, 1.165) is 10.4 Å². The molecule has 0 fully saturated rings. The number of carbonyl (C=O) groups is 2. The molecule has 0 aromatic carbocycles. The molecule has 0 aliphatic carbocycles. The Kier molecular flexibility index (Phi) is 4.96. The predicted octanol–water partition coefficient (Wildman–Crippen LogP) is 1.58. The first-order chi connectivity index (χ1) is 8.00. The Balaban J connectivity index is 2.28. The topological polar surface area (TPSA) is 81.4 Å². The number of thiophene rings is 1. The number of nitrogens with two attached hydrogens (primary N) is 1. The van der Waals surface area contributed by atoms with Crippen LogP contribution in [0.2, 0.25) is 0 Å². The molecule has 0 spiro atoms. The second-order valence-electron chi connectivity index (χ2n) is 3.63. The van der Waals surface area contributed by atoms with Crippen molar-refractivity contribution in [2.75, 3.05) is 13.2 Å². The lowest BCUT2D eigenvalue weighted by Crippen LogP contribution is -2.30. The average molecular weight is 256 g/mol. The molecular formula is C11H16N2O3S. The lowest BCUT2D eigenvalue weighted by Gasteiger charge is -2.03.